The van der Waals surface area contributed by atoms with E-state index in [-0.39, 0.29) is 11.8 Å². The molecule has 1 aliphatic rings. The van der Waals surface area contributed by atoms with Crippen LogP contribution in [-0.4, -0.2) is 41.3 Å². The summed E-state index contributed by atoms with van der Waals surface area (Å²) in [6.45, 7) is 2.19. The van der Waals surface area contributed by atoms with Gasteiger partial charge >= 0.3 is 0 Å². The quantitative estimate of drug-likeness (QED) is 0.410. The number of likely N-dealkylation sites (tertiary alicyclic amines) is 1. The van der Waals surface area contributed by atoms with Crippen LogP contribution in [0, 0.1) is 5.92 Å². The second-order valence-corrected chi connectivity index (χ2v) is 10.1. The van der Waals surface area contributed by atoms with Crippen LogP contribution in [0.2, 0.25) is 10.0 Å². The number of hydrogen-bond donors (Lipinski definition) is 1. The third-order valence-electron chi connectivity index (χ3n) is 5.88. The van der Waals surface area contributed by atoms with Gasteiger partial charge in [-0.15, -0.1) is 11.3 Å². The Labute approximate surface area is 201 Å². The van der Waals surface area contributed by atoms with Gasteiger partial charge in [-0.3, -0.25) is 14.6 Å². The van der Waals surface area contributed by atoms with Gasteiger partial charge in [0.15, 0.2) is 0 Å². The van der Waals surface area contributed by atoms with Gasteiger partial charge in [-0.05, 0) is 60.9 Å². The maximum atomic E-state index is 12.7. The minimum Gasteiger partial charge on any atom is -0.351 e. The van der Waals surface area contributed by atoms with Gasteiger partial charge in [0, 0.05) is 47.6 Å². The molecule has 1 fully saturated rings. The van der Waals surface area contributed by atoms with Crippen LogP contribution in [0.25, 0.3) is 10.1 Å². The number of pyridine rings is 1. The Kier molecular flexibility index (Phi) is 7.66. The Balaban J connectivity index is 1.15. The lowest BCUT2D eigenvalue weighted by atomic mass is 9.91. The van der Waals surface area contributed by atoms with Gasteiger partial charge in [0.25, 0.3) is 11.8 Å². The molecule has 1 aromatic carbocycles. The van der Waals surface area contributed by atoms with Gasteiger partial charge in [-0.1, -0.05) is 36.0 Å². The highest BCUT2D eigenvalue weighted by molar-refractivity contribution is 7.20. The Morgan fingerprint density at radius 2 is 1.84 bits per heavy atom. The second kappa shape index (κ2) is 10.6. The molecule has 2 amide bonds. The molecular formula is C24H25Cl2N3O2S. The molecule has 32 heavy (non-hydrogen) atoms. The van der Waals surface area contributed by atoms with Gasteiger partial charge in [-0.25, -0.2) is 0 Å². The van der Waals surface area contributed by atoms with Crippen LogP contribution in [0.4, 0.5) is 0 Å². The summed E-state index contributed by atoms with van der Waals surface area (Å²) in [5.74, 6) is 0.597. The fraction of sp³-hybridized carbons (Fsp3) is 0.375. The first kappa shape index (κ1) is 23.0. The van der Waals surface area contributed by atoms with E-state index in [1.807, 2.05) is 17.0 Å². The predicted octanol–water partition coefficient (Wildman–Crippen LogP) is 6.06. The molecule has 1 saturated heterocycles. The standard InChI is InChI=1S/C24H25Cl2N3O2S/c25-19-11-18(12-20(26)14-19)24(31)29-9-5-16(6-10-29)3-1-2-7-28-23(30)21-13-17-4-8-27-15-22(17)32-21/h4,8,11-16H,1-3,5-7,9-10H2,(H,28,30). The van der Waals surface area contributed by atoms with Crippen molar-refractivity contribution in [3.63, 3.8) is 0 Å². The molecule has 1 aliphatic heterocycles. The molecule has 0 saturated carbocycles. The van der Waals surface area contributed by atoms with Crippen LogP contribution < -0.4 is 5.32 Å². The lowest BCUT2D eigenvalue weighted by molar-refractivity contribution is 0.0685. The Morgan fingerprint density at radius 3 is 2.56 bits per heavy atom. The van der Waals surface area contributed by atoms with E-state index in [9.17, 15) is 9.59 Å². The highest BCUT2D eigenvalue weighted by Gasteiger charge is 2.23. The summed E-state index contributed by atoms with van der Waals surface area (Å²) < 4.78 is 1.03. The smallest absolute Gasteiger partial charge is 0.261 e. The Hall–Kier alpha value is -2.15. The summed E-state index contributed by atoms with van der Waals surface area (Å²) >= 11 is 13.5. The monoisotopic (exact) mass is 489 g/mol. The number of nitrogens with one attached hydrogen (secondary N) is 1. The summed E-state index contributed by atoms with van der Waals surface area (Å²) in [4.78, 5) is 31.8. The van der Waals surface area contributed by atoms with E-state index in [1.54, 1.807) is 30.6 Å². The number of nitrogens with zero attached hydrogens (tertiary/aromatic N) is 2. The number of aromatic nitrogens is 1. The van der Waals surface area contributed by atoms with Crippen LogP contribution in [-0.2, 0) is 0 Å². The van der Waals surface area contributed by atoms with Crippen LogP contribution in [0.3, 0.4) is 0 Å². The summed E-state index contributed by atoms with van der Waals surface area (Å²) in [6, 6.07) is 8.82. The van der Waals surface area contributed by atoms with Crippen molar-refractivity contribution in [1.29, 1.82) is 0 Å². The van der Waals surface area contributed by atoms with Crippen molar-refractivity contribution in [3.05, 3.63) is 63.2 Å². The number of thiophene rings is 1. The first-order valence-corrected chi connectivity index (χ1v) is 12.4. The van der Waals surface area contributed by atoms with Crippen molar-refractivity contribution in [2.45, 2.75) is 32.1 Å². The SMILES string of the molecule is O=C(NCCCCC1CCN(C(=O)c2cc(Cl)cc(Cl)c2)CC1)c1cc2ccncc2s1. The number of rotatable bonds is 7. The van der Waals surface area contributed by atoms with Crippen molar-refractivity contribution in [2.24, 2.45) is 5.92 Å². The molecule has 0 bridgehead atoms. The summed E-state index contributed by atoms with van der Waals surface area (Å²) in [5, 5.41) is 5.04. The zero-order valence-corrected chi connectivity index (χ0v) is 20.0. The van der Waals surface area contributed by atoms with E-state index in [2.05, 4.69) is 10.3 Å². The number of carbonyl (C=O) groups is 2. The Bertz CT molecular complexity index is 1060. The molecule has 0 atom stereocenters. The maximum Gasteiger partial charge on any atom is 0.261 e. The van der Waals surface area contributed by atoms with Gasteiger partial charge in [0.05, 0.1) is 9.58 Å². The number of benzene rings is 1. The number of carbonyl (C=O) groups excluding carboxylic acids is 2. The van der Waals surface area contributed by atoms with Crippen LogP contribution in [0.15, 0.2) is 42.7 Å². The molecule has 4 rings (SSSR count). The van der Waals surface area contributed by atoms with E-state index in [0.717, 1.165) is 60.2 Å². The van der Waals surface area contributed by atoms with Gasteiger partial charge < -0.3 is 10.2 Å². The fourth-order valence-electron chi connectivity index (χ4n) is 4.13. The molecule has 3 aromatic rings. The zero-order valence-electron chi connectivity index (χ0n) is 17.7. The topological polar surface area (TPSA) is 62.3 Å². The minimum absolute atomic E-state index is 0.00687. The molecule has 2 aromatic heterocycles. The largest absolute Gasteiger partial charge is 0.351 e. The molecule has 0 radical (unpaired) electrons. The van der Waals surface area contributed by atoms with E-state index in [1.165, 1.54) is 11.3 Å². The fourth-order valence-corrected chi connectivity index (χ4v) is 5.60. The number of fused-ring (bicyclic) bond motifs is 1. The average Bonchev–Trinajstić information content (AvgIpc) is 3.22. The molecule has 5 nitrogen and oxygen atoms in total. The summed E-state index contributed by atoms with van der Waals surface area (Å²) in [7, 11) is 0. The van der Waals surface area contributed by atoms with E-state index in [0.29, 0.717) is 28.1 Å². The molecule has 1 N–H and O–H groups in total. The van der Waals surface area contributed by atoms with Crippen molar-refractivity contribution in [2.75, 3.05) is 19.6 Å². The van der Waals surface area contributed by atoms with E-state index >= 15 is 0 Å². The minimum atomic E-state index is -0.0147. The highest BCUT2D eigenvalue weighted by atomic mass is 35.5. The normalized spacial score (nSPS) is 14.6. The average molecular weight is 490 g/mol. The Morgan fingerprint density at radius 1 is 1.09 bits per heavy atom. The van der Waals surface area contributed by atoms with E-state index in [4.69, 9.17) is 23.2 Å². The number of hydrogen-bond acceptors (Lipinski definition) is 4. The first-order valence-electron chi connectivity index (χ1n) is 10.9. The second-order valence-electron chi connectivity index (χ2n) is 8.17. The molecule has 168 valence electrons. The number of halogens is 2. The molecule has 0 spiro atoms. The number of unbranched alkanes of at least 4 members (excludes halogenated alkanes) is 1. The summed E-state index contributed by atoms with van der Waals surface area (Å²) in [5.41, 5.74) is 0.548. The van der Waals surface area contributed by atoms with Gasteiger partial charge in [-0.2, -0.15) is 0 Å². The molecule has 0 aliphatic carbocycles. The predicted molar refractivity (Wildman–Crippen MR) is 131 cm³/mol. The van der Waals surface area contributed by atoms with Crippen LogP contribution in [0.5, 0.6) is 0 Å². The van der Waals surface area contributed by atoms with Crippen molar-refractivity contribution < 1.29 is 9.59 Å². The third-order valence-corrected chi connectivity index (χ3v) is 7.40. The van der Waals surface area contributed by atoms with Crippen molar-refractivity contribution in [1.82, 2.24) is 15.2 Å². The van der Waals surface area contributed by atoms with Gasteiger partial charge in [0.1, 0.15) is 0 Å². The summed E-state index contributed by atoms with van der Waals surface area (Å²) in [6.07, 6.45) is 8.68. The lowest BCUT2D eigenvalue weighted by Crippen LogP contribution is -2.38. The van der Waals surface area contributed by atoms with Crippen LogP contribution >= 0.6 is 34.5 Å². The van der Waals surface area contributed by atoms with Gasteiger partial charge in [0.2, 0.25) is 0 Å². The molecule has 3 heterocycles. The third kappa shape index (κ3) is 5.80. The molecule has 0 unspecified atom stereocenters. The first-order chi connectivity index (χ1) is 15.5. The van der Waals surface area contributed by atoms with Crippen molar-refractivity contribution in [3.8, 4) is 0 Å². The number of piperidine rings is 1. The number of amides is 2. The maximum absolute atomic E-state index is 12.7. The highest BCUT2D eigenvalue weighted by Crippen LogP contribution is 2.26. The lowest BCUT2D eigenvalue weighted by Gasteiger charge is -2.32. The molecule has 8 heteroatoms. The van der Waals surface area contributed by atoms with E-state index < -0.39 is 0 Å². The zero-order chi connectivity index (χ0) is 22.5. The van der Waals surface area contributed by atoms with Crippen molar-refractivity contribution >= 4 is 56.4 Å². The molecular weight excluding hydrogens is 465 g/mol. The van der Waals surface area contributed by atoms with Crippen LogP contribution in [0.1, 0.15) is 52.1 Å².